The number of likely N-dealkylation sites (N-methyl/N-ethyl adjacent to an activating group) is 1. The smallest absolute Gasteiger partial charge is 0.258 e. The Morgan fingerprint density at radius 3 is 2.90 bits per heavy atom. The summed E-state index contributed by atoms with van der Waals surface area (Å²) < 4.78 is 0. The molecule has 4 rings (SSSR count). The summed E-state index contributed by atoms with van der Waals surface area (Å²) >= 11 is 1.47. The van der Waals surface area contributed by atoms with Gasteiger partial charge in [-0.15, -0.1) is 11.3 Å². The lowest BCUT2D eigenvalue weighted by molar-refractivity contribution is -0.143. The maximum absolute atomic E-state index is 12.4. The molecule has 1 aliphatic heterocycles. The van der Waals surface area contributed by atoms with Crippen molar-refractivity contribution in [2.45, 2.75) is 18.4 Å². The van der Waals surface area contributed by atoms with Crippen LogP contribution in [0.1, 0.15) is 18.4 Å². The van der Waals surface area contributed by atoms with E-state index in [2.05, 4.69) is 15.3 Å². The first-order valence-corrected chi connectivity index (χ1v) is 10.6. The van der Waals surface area contributed by atoms with Gasteiger partial charge in [0.05, 0.1) is 5.69 Å². The van der Waals surface area contributed by atoms with E-state index >= 15 is 0 Å². The van der Waals surface area contributed by atoms with Crippen LogP contribution in [-0.4, -0.2) is 62.7 Å². The van der Waals surface area contributed by atoms with Crippen molar-refractivity contribution in [2.24, 2.45) is 0 Å². The molecule has 1 fully saturated rings. The minimum absolute atomic E-state index is 0.109. The van der Waals surface area contributed by atoms with Crippen LogP contribution in [0.3, 0.4) is 0 Å². The van der Waals surface area contributed by atoms with Gasteiger partial charge < -0.3 is 20.4 Å². The molecule has 2 aromatic heterocycles. The summed E-state index contributed by atoms with van der Waals surface area (Å²) in [5.41, 5.74) is 1.37. The summed E-state index contributed by atoms with van der Waals surface area (Å²) in [5.74, 6) is 0.213. The molecule has 0 saturated carbocycles. The van der Waals surface area contributed by atoms with Crippen LogP contribution in [-0.2, 0) is 10.4 Å². The number of nitrogens with zero attached hydrogens (tertiary/aromatic N) is 4. The Labute approximate surface area is 178 Å². The Hall–Kier alpha value is -2.88. The van der Waals surface area contributed by atoms with Crippen LogP contribution in [0, 0.1) is 0 Å². The molecule has 3 aromatic rings. The number of aromatic nitrogens is 3. The van der Waals surface area contributed by atoms with E-state index in [0.717, 1.165) is 16.3 Å². The molecule has 1 atom stereocenters. The molecular weight excluding hydrogens is 402 g/mol. The second kappa shape index (κ2) is 8.47. The second-order valence-electron chi connectivity index (χ2n) is 7.23. The molecule has 3 heterocycles. The fourth-order valence-corrected chi connectivity index (χ4v) is 4.23. The van der Waals surface area contributed by atoms with Crippen LogP contribution in [0.25, 0.3) is 22.0 Å². The SMILES string of the molecule is CN1CC[C@@](O)(c2cccc(-c3nc(-c4ccnc(NCCCO)n4)cs3)c2)C1=O. The molecule has 0 unspecified atom stereocenters. The third-order valence-electron chi connectivity index (χ3n) is 5.14. The number of aliphatic hydroxyl groups excluding tert-OH is 1. The number of amides is 1. The van der Waals surface area contributed by atoms with Gasteiger partial charge in [-0.25, -0.2) is 15.0 Å². The highest BCUT2D eigenvalue weighted by Crippen LogP contribution is 2.35. The normalized spacial score (nSPS) is 18.8. The molecule has 30 heavy (non-hydrogen) atoms. The first-order chi connectivity index (χ1) is 14.5. The molecule has 156 valence electrons. The molecule has 0 spiro atoms. The summed E-state index contributed by atoms with van der Waals surface area (Å²) in [6.07, 6.45) is 2.66. The summed E-state index contributed by atoms with van der Waals surface area (Å²) in [5, 5.41) is 25.6. The van der Waals surface area contributed by atoms with Gasteiger partial charge in [0, 0.05) is 50.3 Å². The largest absolute Gasteiger partial charge is 0.396 e. The molecule has 1 amide bonds. The Morgan fingerprint density at radius 2 is 2.13 bits per heavy atom. The van der Waals surface area contributed by atoms with Crippen molar-refractivity contribution in [2.75, 3.05) is 32.1 Å². The zero-order chi connectivity index (χ0) is 21.1. The molecule has 0 aliphatic carbocycles. The Bertz CT molecular complexity index is 1060. The van der Waals surface area contributed by atoms with Gasteiger partial charge in [-0.05, 0) is 24.1 Å². The monoisotopic (exact) mass is 425 g/mol. The quantitative estimate of drug-likeness (QED) is 0.497. The van der Waals surface area contributed by atoms with Gasteiger partial charge in [0.2, 0.25) is 5.95 Å². The van der Waals surface area contributed by atoms with Gasteiger partial charge in [-0.1, -0.05) is 18.2 Å². The van der Waals surface area contributed by atoms with Gasteiger partial charge in [0.25, 0.3) is 5.91 Å². The molecule has 0 radical (unpaired) electrons. The minimum atomic E-state index is -1.48. The fraction of sp³-hybridized carbons (Fsp3) is 0.333. The van der Waals surface area contributed by atoms with Gasteiger partial charge in [-0.3, -0.25) is 4.79 Å². The van der Waals surface area contributed by atoms with Crippen molar-refractivity contribution < 1.29 is 15.0 Å². The van der Waals surface area contributed by atoms with E-state index in [4.69, 9.17) is 10.1 Å². The number of carbonyl (C=O) groups is 1. The predicted octanol–water partition coefficient (Wildman–Crippen LogP) is 2.11. The average Bonchev–Trinajstić information content (AvgIpc) is 3.37. The lowest BCUT2D eigenvalue weighted by Gasteiger charge is -2.21. The Balaban J connectivity index is 1.58. The lowest BCUT2D eigenvalue weighted by Crippen LogP contribution is -2.36. The van der Waals surface area contributed by atoms with Crippen LogP contribution in [0.5, 0.6) is 0 Å². The zero-order valence-electron chi connectivity index (χ0n) is 16.6. The average molecular weight is 426 g/mol. The molecule has 1 saturated heterocycles. The van der Waals surface area contributed by atoms with E-state index in [1.807, 2.05) is 23.6 Å². The van der Waals surface area contributed by atoms with Crippen LogP contribution in [0.4, 0.5) is 5.95 Å². The number of thiazole rings is 1. The van der Waals surface area contributed by atoms with E-state index in [-0.39, 0.29) is 12.5 Å². The van der Waals surface area contributed by atoms with Crippen molar-refractivity contribution in [3.8, 4) is 22.0 Å². The van der Waals surface area contributed by atoms with Crippen molar-refractivity contribution in [1.29, 1.82) is 0 Å². The maximum atomic E-state index is 12.4. The molecule has 3 N–H and O–H groups in total. The Morgan fingerprint density at radius 1 is 1.27 bits per heavy atom. The molecule has 9 heteroatoms. The standard InChI is InChI=1S/C21H23N5O3S/c1-26-10-7-21(29,19(26)28)15-5-2-4-14(12-15)18-24-17(13-30-18)16-6-9-23-20(25-16)22-8-3-11-27/h2,4-6,9,12-13,27,29H,3,7-8,10-11H2,1H3,(H,22,23,25)/t21-/m1/s1. The van der Waals surface area contributed by atoms with E-state index < -0.39 is 5.60 Å². The number of nitrogens with one attached hydrogen (secondary N) is 1. The molecule has 8 nitrogen and oxygen atoms in total. The molecule has 1 aliphatic rings. The summed E-state index contributed by atoms with van der Waals surface area (Å²) in [7, 11) is 1.70. The number of anilines is 1. The molecular formula is C21H23N5O3S. The summed E-state index contributed by atoms with van der Waals surface area (Å²) in [6, 6.07) is 9.16. The first kappa shape index (κ1) is 20.4. The van der Waals surface area contributed by atoms with Gasteiger partial charge >= 0.3 is 0 Å². The first-order valence-electron chi connectivity index (χ1n) is 9.74. The van der Waals surface area contributed by atoms with Crippen LogP contribution in [0.15, 0.2) is 41.9 Å². The molecule has 0 bridgehead atoms. The highest BCUT2D eigenvalue weighted by atomic mass is 32.1. The number of likely N-dealkylation sites (tertiary alicyclic amines) is 1. The Kier molecular flexibility index (Phi) is 5.76. The summed E-state index contributed by atoms with van der Waals surface area (Å²) in [4.78, 5) is 27.3. The van der Waals surface area contributed by atoms with Gasteiger partial charge in [0.15, 0.2) is 5.60 Å². The molecule has 1 aromatic carbocycles. The summed E-state index contributed by atoms with van der Waals surface area (Å²) in [6.45, 7) is 1.23. The number of hydrogen-bond donors (Lipinski definition) is 3. The van der Waals surface area contributed by atoms with Crippen molar-refractivity contribution in [1.82, 2.24) is 19.9 Å². The third-order valence-corrected chi connectivity index (χ3v) is 6.03. The van der Waals surface area contributed by atoms with Crippen LogP contribution < -0.4 is 5.32 Å². The third kappa shape index (κ3) is 3.91. The number of rotatable bonds is 7. The number of hydrogen-bond acceptors (Lipinski definition) is 8. The van der Waals surface area contributed by atoms with E-state index in [1.54, 1.807) is 30.3 Å². The maximum Gasteiger partial charge on any atom is 0.258 e. The minimum Gasteiger partial charge on any atom is -0.396 e. The predicted molar refractivity (Wildman–Crippen MR) is 115 cm³/mol. The van der Waals surface area contributed by atoms with E-state index in [0.29, 0.717) is 43.1 Å². The van der Waals surface area contributed by atoms with Crippen molar-refractivity contribution >= 4 is 23.2 Å². The number of aliphatic hydroxyl groups is 2. The van der Waals surface area contributed by atoms with Crippen LogP contribution >= 0.6 is 11.3 Å². The van der Waals surface area contributed by atoms with Crippen LogP contribution in [0.2, 0.25) is 0 Å². The fourth-order valence-electron chi connectivity index (χ4n) is 3.42. The van der Waals surface area contributed by atoms with Crippen molar-refractivity contribution in [3.63, 3.8) is 0 Å². The number of carbonyl (C=O) groups excluding carboxylic acids is 1. The van der Waals surface area contributed by atoms with Crippen molar-refractivity contribution in [3.05, 3.63) is 47.5 Å². The second-order valence-corrected chi connectivity index (χ2v) is 8.08. The number of benzene rings is 1. The van der Waals surface area contributed by atoms with Gasteiger partial charge in [-0.2, -0.15) is 0 Å². The zero-order valence-corrected chi connectivity index (χ0v) is 17.4. The topological polar surface area (TPSA) is 111 Å². The highest BCUT2D eigenvalue weighted by Gasteiger charge is 2.45. The van der Waals surface area contributed by atoms with E-state index in [9.17, 15) is 9.90 Å². The van der Waals surface area contributed by atoms with Gasteiger partial charge in [0.1, 0.15) is 10.7 Å². The lowest BCUT2D eigenvalue weighted by atomic mass is 9.91. The van der Waals surface area contributed by atoms with E-state index in [1.165, 1.54) is 11.3 Å². The highest BCUT2D eigenvalue weighted by molar-refractivity contribution is 7.13.